The monoisotopic (exact) mass is 138 g/mol. The van der Waals surface area contributed by atoms with Gasteiger partial charge in [0.2, 0.25) is 5.58 Å². The number of aryl methyl sites for hydroxylation is 1. The summed E-state index contributed by atoms with van der Waals surface area (Å²) >= 11 is 0. The van der Waals surface area contributed by atoms with Crippen molar-refractivity contribution in [2.45, 2.75) is 6.92 Å². The standard InChI is InChI=1S/C6H6N2O2/c1-3-4(7)5-6(10-3)8-2-9-5/h2H,7H2,1H3. The SMILES string of the molecule is Cc1oc2ncoc2c1N. The first kappa shape index (κ1) is 5.34. The predicted molar refractivity (Wildman–Crippen MR) is 35.4 cm³/mol. The molecule has 52 valence electrons. The summed E-state index contributed by atoms with van der Waals surface area (Å²) < 4.78 is 10.0. The Balaban J connectivity index is 2.95. The van der Waals surface area contributed by atoms with E-state index in [2.05, 4.69) is 4.98 Å². The lowest BCUT2D eigenvalue weighted by Crippen LogP contribution is -1.82. The van der Waals surface area contributed by atoms with Gasteiger partial charge in [-0.05, 0) is 6.92 Å². The van der Waals surface area contributed by atoms with Crippen LogP contribution in [0.25, 0.3) is 11.3 Å². The highest BCUT2D eigenvalue weighted by molar-refractivity contribution is 5.82. The number of oxazole rings is 1. The first-order valence-corrected chi connectivity index (χ1v) is 2.87. The number of hydrogen-bond acceptors (Lipinski definition) is 4. The summed E-state index contributed by atoms with van der Waals surface area (Å²) in [6.07, 6.45) is 1.31. The van der Waals surface area contributed by atoms with Crippen LogP contribution in [0.15, 0.2) is 15.2 Å². The van der Waals surface area contributed by atoms with Crippen LogP contribution in [-0.4, -0.2) is 4.98 Å². The maximum absolute atomic E-state index is 5.56. The number of nitrogens with two attached hydrogens (primary N) is 1. The molecule has 0 spiro atoms. The summed E-state index contributed by atoms with van der Waals surface area (Å²) in [7, 11) is 0. The van der Waals surface area contributed by atoms with E-state index in [1.807, 2.05) is 0 Å². The van der Waals surface area contributed by atoms with Gasteiger partial charge in [-0.1, -0.05) is 0 Å². The second-order valence-corrected chi connectivity index (χ2v) is 2.06. The van der Waals surface area contributed by atoms with Gasteiger partial charge in [0, 0.05) is 0 Å². The maximum atomic E-state index is 5.56. The third kappa shape index (κ3) is 0.478. The van der Waals surface area contributed by atoms with Crippen LogP contribution in [0, 0.1) is 6.92 Å². The maximum Gasteiger partial charge on any atom is 0.268 e. The molecule has 0 saturated heterocycles. The average molecular weight is 138 g/mol. The summed E-state index contributed by atoms with van der Waals surface area (Å²) in [5, 5.41) is 0. The second-order valence-electron chi connectivity index (χ2n) is 2.06. The van der Waals surface area contributed by atoms with Crippen molar-refractivity contribution in [2.75, 3.05) is 5.73 Å². The molecule has 2 heterocycles. The molecule has 2 aromatic rings. The van der Waals surface area contributed by atoms with Crippen LogP contribution in [0.5, 0.6) is 0 Å². The Morgan fingerprint density at radius 1 is 1.60 bits per heavy atom. The molecule has 10 heavy (non-hydrogen) atoms. The van der Waals surface area contributed by atoms with E-state index in [-0.39, 0.29) is 0 Å². The minimum atomic E-state index is 0.468. The van der Waals surface area contributed by atoms with Crippen molar-refractivity contribution >= 4 is 17.0 Å². The summed E-state index contributed by atoms with van der Waals surface area (Å²) in [6, 6.07) is 0. The Morgan fingerprint density at radius 2 is 2.40 bits per heavy atom. The number of furan rings is 1. The molecule has 0 atom stereocenters. The summed E-state index contributed by atoms with van der Waals surface area (Å²) in [6.45, 7) is 1.77. The van der Waals surface area contributed by atoms with E-state index < -0.39 is 0 Å². The predicted octanol–water partition coefficient (Wildman–Crippen LogP) is 1.31. The van der Waals surface area contributed by atoms with Crippen LogP contribution in [0.4, 0.5) is 5.69 Å². The minimum absolute atomic E-state index is 0.468. The lowest BCUT2D eigenvalue weighted by molar-refractivity contribution is 0.570. The van der Waals surface area contributed by atoms with Crippen LogP contribution in [-0.2, 0) is 0 Å². The van der Waals surface area contributed by atoms with Crippen molar-refractivity contribution in [1.82, 2.24) is 4.98 Å². The first-order chi connectivity index (χ1) is 4.79. The van der Waals surface area contributed by atoms with Crippen LogP contribution in [0.2, 0.25) is 0 Å². The first-order valence-electron chi connectivity index (χ1n) is 2.87. The molecule has 2 rings (SSSR count). The smallest absolute Gasteiger partial charge is 0.268 e. The molecule has 2 N–H and O–H groups in total. The van der Waals surface area contributed by atoms with Gasteiger partial charge in [0.1, 0.15) is 11.4 Å². The molecule has 0 bridgehead atoms. The summed E-state index contributed by atoms with van der Waals surface area (Å²) in [5.74, 6) is 0.654. The highest BCUT2D eigenvalue weighted by Gasteiger charge is 2.10. The average Bonchev–Trinajstić information content (AvgIpc) is 2.41. The van der Waals surface area contributed by atoms with Gasteiger partial charge in [0.25, 0.3) is 5.71 Å². The molecular formula is C6H6N2O2. The number of fused-ring (bicyclic) bond motifs is 1. The van der Waals surface area contributed by atoms with Gasteiger partial charge in [-0.25, -0.2) is 0 Å². The quantitative estimate of drug-likeness (QED) is 0.596. The Bertz CT molecular complexity index is 361. The molecule has 4 heteroatoms. The van der Waals surface area contributed by atoms with Gasteiger partial charge < -0.3 is 14.6 Å². The highest BCUT2D eigenvalue weighted by atomic mass is 16.4. The lowest BCUT2D eigenvalue weighted by Gasteiger charge is -1.82. The van der Waals surface area contributed by atoms with Crippen LogP contribution in [0.3, 0.4) is 0 Å². The van der Waals surface area contributed by atoms with Crippen molar-refractivity contribution in [3.63, 3.8) is 0 Å². The van der Waals surface area contributed by atoms with Gasteiger partial charge in [-0.3, -0.25) is 0 Å². The molecule has 0 radical (unpaired) electrons. The fourth-order valence-electron chi connectivity index (χ4n) is 0.847. The Morgan fingerprint density at radius 3 is 3.10 bits per heavy atom. The van der Waals surface area contributed by atoms with E-state index in [0.717, 1.165) is 0 Å². The third-order valence-electron chi connectivity index (χ3n) is 1.41. The minimum Gasteiger partial charge on any atom is -0.438 e. The zero-order valence-electron chi connectivity index (χ0n) is 5.42. The van der Waals surface area contributed by atoms with E-state index in [0.29, 0.717) is 22.7 Å². The molecule has 0 fully saturated rings. The lowest BCUT2D eigenvalue weighted by atomic mass is 10.4. The van der Waals surface area contributed by atoms with E-state index >= 15 is 0 Å². The molecule has 0 aliphatic rings. The van der Waals surface area contributed by atoms with E-state index in [4.69, 9.17) is 14.6 Å². The molecule has 0 aliphatic heterocycles. The topological polar surface area (TPSA) is 65.2 Å². The van der Waals surface area contributed by atoms with Gasteiger partial charge in [-0.15, -0.1) is 0 Å². The van der Waals surface area contributed by atoms with E-state index in [9.17, 15) is 0 Å². The number of aromatic nitrogens is 1. The third-order valence-corrected chi connectivity index (χ3v) is 1.41. The number of nitrogen functional groups attached to an aromatic ring is 1. The highest BCUT2D eigenvalue weighted by Crippen LogP contribution is 2.25. The van der Waals surface area contributed by atoms with Crippen molar-refractivity contribution < 1.29 is 8.83 Å². The van der Waals surface area contributed by atoms with Gasteiger partial charge >= 0.3 is 0 Å². The Labute approximate surface area is 56.6 Å². The largest absolute Gasteiger partial charge is 0.438 e. The fourth-order valence-corrected chi connectivity index (χ4v) is 0.847. The molecule has 0 amide bonds. The molecule has 2 aromatic heterocycles. The van der Waals surface area contributed by atoms with Crippen LogP contribution in [0.1, 0.15) is 5.76 Å². The molecule has 4 nitrogen and oxygen atoms in total. The van der Waals surface area contributed by atoms with Crippen LogP contribution < -0.4 is 5.73 Å². The second kappa shape index (κ2) is 1.53. The Kier molecular flexibility index (Phi) is 0.818. The van der Waals surface area contributed by atoms with E-state index in [1.54, 1.807) is 6.92 Å². The Hall–Kier alpha value is -1.45. The summed E-state index contributed by atoms with van der Waals surface area (Å²) in [4.78, 5) is 3.79. The number of anilines is 1. The zero-order chi connectivity index (χ0) is 7.14. The van der Waals surface area contributed by atoms with E-state index in [1.165, 1.54) is 6.39 Å². The number of hydrogen-bond donors (Lipinski definition) is 1. The van der Waals surface area contributed by atoms with Crippen LogP contribution >= 0.6 is 0 Å². The van der Waals surface area contributed by atoms with Crippen molar-refractivity contribution in [2.24, 2.45) is 0 Å². The fraction of sp³-hybridized carbons (Fsp3) is 0.167. The van der Waals surface area contributed by atoms with Crippen molar-refractivity contribution in [3.05, 3.63) is 12.2 Å². The molecule has 0 unspecified atom stereocenters. The van der Waals surface area contributed by atoms with Crippen molar-refractivity contribution in [3.8, 4) is 0 Å². The molecule has 0 aromatic carbocycles. The van der Waals surface area contributed by atoms with Gasteiger partial charge in [-0.2, -0.15) is 4.98 Å². The van der Waals surface area contributed by atoms with Gasteiger partial charge in [0.05, 0.1) is 0 Å². The molecule has 0 saturated carbocycles. The molecular weight excluding hydrogens is 132 g/mol. The summed E-state index contributed by atoms with van der Waals surface area (Å²) in [5.41, 5.74) is 7.10. The van der Waals surface area contributed by atoms with Gasteiger partial charge in [0.15, 0.2) is 6.39 Å². The normalized spacial score (nSPS) is 10.9. The van der Waals surface area contributed by atoms with Crippen molar-refractivity contribution in [1.29, 1.82) is 0 Å². The number of rotatable bonds is 0. The zero-order valence-corrected chi connectivity index (χ0v) is 5.42. The molecule has 0 aliphatic carbocycles. The number of nitrogens with zero attached hydrogens (tertiary/aromatic N) is 1.